The number of hydrogen-bond donors (Lipinski definition) is 2. The maximum Gasteiger partial charge on any atom is 0.152 e. The van der Waals surface area contributed by atoms with Gasteiger partial charge in [0.1, 0.15) is 17.9 Å². The Balaban J connectivity index is 1.79. The Hall–Kier alpha value is -2.18. The lowest BCUT2D eigenvalue weighted by Crippen LogP contribution is -2.32. The molecule has 1 saturated carbocycles. The molecule has 0 saturated heterocycles. The Morgan fingerprint density at radius 1 is 1.19 bits per heavy atom. The number of ether oxygens (including phenoxy) is 1. The number of anilines is 1. The highest BCUT2D eigenvalue weighted by Gasteiger charge is 2.29. The van der Waals surface area contributed by atoms with Gasteiger partial charge < -0.3 is 20.1 Å². The van der Waals surface area contributed by atoms with Gasteiger partial charge in [0.25, 0.3) is 0 Å². The van der Waals surface area contributed by atoms with Gasteiger partial charge in [-0.3, -0.25) is 0 Å². The predicted molar refractivity (Wildman–Crippen MR) is 107 cm³/mol. The SMILES string of the molecule is CCOCc1nc2c(N)nc3ccccc3c2n1CCC1(O)CCCCC1. The molecule has 0 spiro atoms. The van der Waals surface area contributed by atoms with E-state index in [1.807, 2.05) is 25.1 Å². The average Bonchev–Trinajstić information content (AvgIpc) is 3.05. The topological polar surface area (TPSA) is 86.2 Å². The van der Waals surface area contributed by atoms with Crippen LogP contribution in [0.3, 0.4) is 0 Å². The minimum atomic E-state index is -0.577. The van der Waals surface area contributed by atoms with Crippen molar-refractivity contribution in [2.45, 2.75) is 64.2 Å². The molecule has 1 aliphatic rings. The summed E-state index contributed by atoms with van der Waals surface area (Å²) in [5.41, 5.74) is 8.22. The van der Waals surface area contributed by atoms with Crippen molar-refractivity contribution in [2.75, 3.05) is 12.3 Å². The number of fused-ring (bicyclic) bond motifs is 3. The maximum absolute atomic E-state index is 11.0. The number of nitrogens with zero attached hydrogens (tertiary/aromatic N) is 3. The van der Waals surface area contributed by atoms with Gasteiger partial charge in [-0.15, -0.1) is 0 Å². The van der Waals surface area contributed by atoms with Crippen molar-refractivity contribution < 1.29 is 9.84 Å². The average molecular weight is 368 g/mol. The minimum Gasteiger partial charge on any atom is -0.390 e. The maximum atomic E-state index is 11.0. The summed E-state index contributed by atoms with van der Waals surface area (Å²) < 4.78 is 7.83. The fourth-order valence-electron chi connectivity index (χ4n) is 4.23. The van der Waals surface area contributed by atoms with Gasteiger partial charge in [0.2, 0.25) is 0 Å². The van der Waals surface area contributed by atoms with Crippen molar-refractivity contribution in [3.8, 4) is 0 Å². The first-order chi connectivity index (χ1) is 13.1. The number of para-hydroxylation sites is 1. The van der Waals surface area contributed by atoms with E-state index in [0.29, 0.717) is 32.0 Å². The van der Waals surface area contributed by atoms with Gasteiger partial charge in [0.05, 0.1) is 16.6 Å². The number of aromatic nitrogens is 3. The predicted octanol–water partition coefficient (Wildman–Crippen LogP) is 3.79. The summed E-state index contributed by atoms with van der Waals surface area (Å²) >= 11 is 0. The zero-order valence-electron chi connectivity index (χ0n) is 15.9. The van der Waals surface area contributed by atoms with E-state index in [4.69, 9.17) is 15.5 Å². The molecule has 1 aromatic carbocycles. The summed E-state index contributed by atoms with van der Waals surface area (Å²) in [4.78, 5) is 9.27. The van der Waals surface area contributed by atoms with Crippen LogP contribution in [0.25, 0.3) is 21.9 Å². The van der Waals surface area contributed by atoms with Gasteiger partial charge in [-0.25, -0.2) is 9.97 Å². The lowest BCUT2D eigenvalue weighted by atomic mass is 9.82. The number of nitrogen functional groups attached to an aromatic ring is 1. The lowest BCUT2D eigenvalue weighted by Gasteiger charge is -2.32. The summed E-state index contributed by atoms with van der Waals surface area (Å²) in [6.07, 6.45) is 5.90. The first kappa shape index (κ1) is 18.2. The molecule has 0 bridgehead atoms. The van der Waals surface area contributed by atoms with E-state index in [-0.39, 0.29) is 0 Å². The van der Waals surface area contributed by atoms with Crippen molar-refractivity contribution >= 4 is 27.8 Å². The van der Waals surface area contributed by atoms with Crippen LogP contribution >= 0.6 is 0 Å². The molecule has 2 aromatic heterocycles. The number of rotatable bonds is 6. The highest BCUT2D eigenvalue weighted by atomic mass is 16.5. The molecule has 3 aromatic rings. The molecule has 3 N–H and O–H groups in total. The van der Waals surface area contributed by atoms with E-state index in [2.05, 4.69) is 15.6 Å². The summed E-state index contributed by atoms with van der Waals surface area (Å²) in [5.74, 6) is 1.28. The molecule has 1 fully saturated rings. The Kier molecular flexibility index (Phi) is 5.02. The van der Waals surface area contributed by atoms with Gasteiger partial charge in [-0.05, 0) is 32.3 Å². The van der Waals surface area contributed by atoms with E-state index < -0.39 is 5.60 Å². The summed E-state index contributed by atoms with van der Waals surface area (Å²) in [6.45, 7) is 3.73. The molecule has 0 unspecified atom stereocenters. The molecule has 0 radical (unpaired) electrons. The molecule has 1 aliphatic carbocycles. The number of aryl methyl sites for hydroxylation is 1. The summed E-state index contributed by atoms with van der Waals surface area (Å²) in [6, 6.07) is 8.00. The van der Waals surface area contributed by atoms with E-state index in [1.165, 1.54) is 6.42 Å². The second kappa shape index (κ2) is 7.44. The largest absolute Gasteiger partial charge is 0.390 e. The zero-order valence-corrected chi connectivity index (χ0v) is 15.9. The minimum absolute atomic E-state index is 0.428. The lowest BCUT2D eigenvalue weighted by molar-refractivity contribution is -0.00750. The van der Waals surface area contributed by atoms with Crippen molar-refractivity contribution in [3.05, 3.63) is 30.1 Å². The molecule has 27 heavy (non-hydrogen) atoms. The van der Waals surface area contributed by atoms with Crippen LogP contribution < -0.4 is 5.73 Å². The van der Waals surface area contributed by atoms with Crippen LogP contribution in [0.5, 0.6) is 0 Å². The van der Waals surface area contributed by atoms with Crippen molar-refractivity contribution in [1.82, 2.24) is 14.5 Å². The number of pyridine rings is 1. The molecular formula is C21H28N4O2. The molecule has 0 atom stereocenters. The number of benzene rings is 1. The van der Waals surface area contributed by atoms with Gasteiger partial charge in [0.15, 0.2) is 5.82 Å². The van der Waals surface area contributed by atoms with Gasteiger partial charge >= 0.3 is 0 Å². The van der Waals surface area contributed by atoms with E-state index in [9.17, 15) is 5.11 Å². The van der Waals surface area contributed by atoms with Crippen molar-refractivity contribution in [2.24, 2.45) is 0 Å². The van der Waals surface area contributed by atoms with E-state index in [0.717, 1.165) is 53.4 Å². The van der Waals surface area contributed by atoms with E-state index in [1.54, 1.807) is 0 Å². The van der Waals surface area contributed by atoms with Crippen LogP contribution in [0.15, 0.2) is 24.3 Å². The molecule has 144 valence electrons. The van der Waals surface area contributed by atoms with E-state index >= 15 is 0 Å². The molecule has 4 rings (SSSR count). The van der Waals surface area contributed by atoms with Crippen LogP contribution in [0.1, 0.15) is 51.3 Å². The third-order valence-corrected chi connectivity index (χ3v) is 5.71. The highest BCUT2D eigenvalue weighted by molar-refractivity contribution is 6.06. The third-order valence-electron chi connectivity index (χ3n) is 5.71. The second-order valence-corrected chi connectivity index (χ2v) is 7.56. The summed E-state index contributed by atoms with van der Waals surface area (Å²) in [7, 11) is 0. The van der Waals surface area contributed by atoms with Crippen LogP contribution in [0.4, 0.5) is 5.82 Å². The molecule has 6 nitrogen and oxygen atoms in total. The first-order valence-corrected chi connectivity index (χ1v) is 9.95. The normalized spacial score (nSPS) is 17.0. The van der Waals surface area contributed by atoms with Crippen LogP contribution in [-0.4, -0.2) is 31.8 Å². The van der Waals surface area contributed by atoms with Gasteiger partial charge in [-0.2, -0.15) is 0 Å². The molecule has 0 aliphatic heterocycles. The smallest absolute Gasteiger partial charge is 0.152 e. The van der Waals surface area contributed by atoms with Crippen molar-refractivity contribution in [3.63, 3.8) is 0 Å². The molecule has 2 heterocycles. The quantitative estimate of drug-likeness (QED) is 0.691. The molecule has 0 amide bonds. The monoisotopic (exact) mass is 368 g/mol. The zero-order chi connectivity index (χ0) is 18.9. The number of aliphatic hydroxyl groups is 1. The Morgan fingerprint density at radius 3 is 2.74 bits per heavy atom. The Morgan fingerprint density at radius 2 is 1.96 bits per heavy atom. The Bertz CT molecular complexity index is 944. The second-order valence-electron chi connectivity index (χ2n) is 7.56. The van der Waals surface area contributed by atoms with Gasteiger partial charge in [0, 0.05) is 18.5 Å². The van der Waals surface area contributed by atoms with Crippen LogP contribution in [0, 0.1) is 0 Å². The fraction of sp³-hybridized carbons (Fsp3) is 0.524. The fourth-order valence-corrected chi connectivity index (χ4v) is 4.23. The van der Waals surface area contributed by atoms with Crippen LogP contribution in [0.2, 0.25) is 0 Å². The first-order valence-electron chi connectivity index (χ1n) is 9.95. The summed E-state index contributed by atoms with van der Waals surface area (Å²) in [5, 5.41) is 12.0. The van der Waals surface area contributed by atoms with Gasteiger partial charge in [-0.1, -0.05) is 37.5 Å². The highest BCUT2D eigenvalue weighted by Crippen LogP contribution is 2.34. The standard InChI is InChI=1S/C21H28N4O2/c1-2-27-14-17-24-18-19(15-8-4-5-9-16(15)23-20(18)22)25(17)13-12-21(26)10-6-3-7-11-21/h4-5,8-9,26H,2-3,6-7,10-14H2,1H3,(H2,22,23). The number of nitrogens with two attached hydrogens (primary N) is 1. The van der Waals surface area contributed by atoms with Crippen LogP contribution in [-0.2, 0) is 17.9 Å². The Labute approximate surface area is 159 Å². The van der Waals surface area contributed by atoms with Crippen molar-refractivity contribution in [1.29, 1.82) is 0 Å². The number of hydrogen-bond acceptors (Lipinski definition) is 5. The third kappa shape index (κ3) is 3.51. The number of imidazole rings is 1. The molecular weight excluding hydrogens is 340 g/mol. The molecule has 6 heteroatoms.